The van der Waals surface area contributed by atoms with Gasteiger partial charge in [-0.05, 0) is 44.4 Å². The topological polar surface area (TPSA) is 21.3 Å². The molecule has 1 aliphatic heterocycles. The van der Waals surface area contributed by atoms with Gasteiger partial charge in [0.2, 0.25) is 0 Å². The summed E-state index contributed by atoms with van der Waals surface area (Å²) in [6, 6.07) is 8.38. The maximum atomic E-state index is 6.22. The number of halogens is 1. The van der Waals surface area contributed by atoms with Crippen molar-refractivity contribution in [2.75, 3.05) is 13.7 Å². The largest absolute Gasteiger partial charge is 0.378 e. The van der Waals surface area contributed by atoms with E-state index >= 15 is 0 Å². The number of rotatable bonds is 5. The van der Waals surface area contributed by atoms with Crippen LogP contribution in [-0.4, -0.2) is 19.8 Å². The Morgan fingerprint density at radius 1 is 1.47 bits per heavy atom. The molecule has 3 heteroatoms. The predicted molar refractivity (Wildman–Crippen MR) is 71.5 cm³/mol. The molecule has 2 nitrogen and oxygen atoms in total. The quantitative estimate of drug-likeness (QED) is 0.866. The van der Waals surface area contributed by atoms with Gasteiger partial charge < -0.3 is 10.1 Å². The first-order chi connectivity index (χ1) is 8.31. The minimum atomic E-state index is 0.327. The van der Waals surface area contributed by atoms with Crippen LogP contribution in [0.3, 0.4) is 0 Å². The summed E-state index contributed by atoms with van der Waals surface area (Å²) in [5, 5.41) is 4.19. The molecule has 0 radical (unpaired) electrons. The van der Waals surface area contributed by atoms with Crippen molar-refractivity contribution in [1.29, 1.82) is 0 Å². The summed E-state index contributed by atoms with van der Waals surface area (Å²) >= 11 is 6.22. The molecular formula is C14H20ClNO. The lowest BCUT2D eigenvalue weighted by molar-refractivity contribution is 0.0998. The average molecular weight is 254 g/mol. The van der Waals surface area contributed by atoms with Crippen LogP contribution in [0, 0.1) is 0 Å². The minimum absolute atomic E-state index is 0.327. The zero-order valence-electron chi connectivity index (χ0n) is 10.3. The Bertz CT molecular complexity index is 350. The first-order valence-electron chi connectivity index (χ1n) is 6.34. The molecule has 17 heavy (non-hydrogen) atoms. The highest BCUT2D eigenvalue weighted by Gasteiger charge is 2.19. The van der Waals surface area contributed by atoms with Crippen LogP contribution in [0.4, 0.5) is 0 Å². The van der Waals surface area contributed by atoms with Crippen LogP contribution in [0.2, 0.25) is 5.02 Å². The second-order valence-corrected chi connectivity index (χ2v) is 4.98. The molecule has 2 atom stereocenters. The van der Waals surface area contributed by atoms with Crippen molar-refractivity contribution in [2.24, 2.45) is 0 Å². The van der Waals surface area contributed by atoms with Crippen molar-refractivity contribution in [1.82, 2.24) is 5.32 Å². The van der Waals surface area contributed by atoms with Crippen molar-refractivity contribution < 1.29 is 4.74 Å². The Kier molecular flexibility index (Phi) is 4.84. The average Bonchev–Trinajstić information content (AvgIpc) is 2.85. The molecule has 1 saturated heterocycles. The maximum absolute atomic E-state index is 6.22. The van der Waals surface area contributed by atoms with Gasteiger partial charge in [-0.25, -0.2) is 0 Å². The van der Waals surface area contributed by atoms with Gasteiger partial charge >= 0.3 is 0 Å². The zero-order chi connectivity index (χ0) is 12.1. The van der Waals surface area contributed by atoms with Gasteiger partial charge in [-0.1, -0.05) is 29.8 Å². The normalized spacial score (nSPS) is 21.6. The van der Waals surface area contributed by atoms with E-state index in [1.807, 2.05) is 25.2 Å². The highest BCUT2D eigenvalue weighted by atomic mass is 35.5. The predicted octanol–water partition coefficient (Wildman–Crippen LogP) is 3.56. The molecule has 0 saturated carbocycles. The third-order valence-corrected chi connectivity index (χ3v) is 3.77. The molecule has 1 aliphatic rings. The van der Waals surface area contributed by atoms with Crippen molar-refractivity contribution in [3.63, 3.8) is 0 Å². The van der Waals surface area contributed by atoms with E-state index in [0.717, 1.165) is 24.5 Å². The highest BCUT2D eigenvalue weighted by Crippen LogP contribution is 2.28. The molecule has 1 aromatic rings. The van der Waals surface area contributed by atoms with E-state index < -0.39 is 0 Å². The van der Waals surface area contributed by atoms with Gasteiger partial charge in [0.15, 0.2) is 0 Å². The molecular weight excluding hydrogens is 234 g/mol. The van der Waals surface area contributed by atoms with Gasteiger partial charge in [-0.3, -0.25) is 0 Å². The lowest BCUT2D eigenvalue weighted by Crippen LogP contribution is -2.19. The van der Waals surface area contributed by atoms with Gasteiger partial charge in [-0.15, -0.1) is 0 Å². The maximum Gasteiger partial charge on any atom is 0.0576 e. The van der Waals surface area contributed by atoms with Gasteiger partial charge in [0, 0.05) is 17.7 Å². The van der Waals surface area contributed by atoms with E-state index in [-0.39, 0.29) is 0 Å². The van der Waals surface area contributed by atoms with Gasteiger partial charge in [-0.2, -0.15) is 0 Å². The number of ether oxygens (including phenoxy) is 1. The van der Waals surface area contributed by atoms with Crippen LogP contribution in [0.1, 0.15) is 37.3 Å². The molecule has 1 heterocycles. The van der Waals surface area contributed by atoms with Crippen molar-refractivity contribution in [3.8, 4) is 0 Å². The van der Waals surface area contributed by atoms with Crippen LogP contribution in [0.15, 0.2) is 24.3 Å². The van der Waals surface area contributed by atoms with Crippen LogP contribution in [0.25, 0.3) is 0 Å². The summed E-state index contributed by atoms with van der Waals surface area (Å²) in [5.74, 6) is 0. The Morgan fingerprint density at radius 3 is 2.94 bits per heavy atom. The van der Waals surface area contributed by atoms with Crippen LogP contribution in [-0.2, 0) is 4.74 Å². The van der Waals surface area contributed by atoms with Crippen LogP contribution >= 0.6 is 11.6 Å². The highest BCUT2D eigenvalue weighted by molar-refractivity contribution is 6.31. The fourth-order valence-corrected chi connectivity index (χ4v) is 2.71. The van der Waals surface area contributed by atoms with Gasteiger partial charge in [0.1, 0.15) is 0 Å². The third-order valence-electron chi connectivity index (χ3n) is 3.43. The summed E-state index contributed by atoms with van der Waals surface area (Å²) in [6.45, 7) is 0.932. The second-order valence-electron chi connectivity index (χ2n) is 4.58. The molecule has 1 fully saturated rings. The number of nitrogens with one attached hydrogen (secondary N) is 1. The Labute approximate surface area is 108 Å². The first kappa shape index (κ1) is 12.9. The fourth-order valence-electron chi connectivity index (χ4n) is 2.44. The molecule has 0 amide bonds. The van der Waals surface area contributed by atoms with Crippen LogP contribution in [0.5, 0.6) is 0 Å². The second kappa shape index (κ2) is 6.39. The minimum Gasteiger partial charge on any atom is -0.378 e. The van der Waals surface area contributed by atoms with Crippen molar-refractivity contribution >= 4 is 11.6 Å². The van der Waals surface area contributed by atoms with Gasteiger partial charge in [0.25, 0.3) is 0 Å². The standard InChI is InChI=1S/C14H20ClNO/c1-16-14(9-8-11-5-4-10-17-11)12-6-2-3-7-13(12)15/h2-3,6-7,11,14,16H,4-5,8-10H2,1H3. The van der Waals surface area contributed by atoms with E-state index in [4.69, 9.17) is 16.3 Å². The van der Waals surface area contributed by atoms with E-state index in [9.17, 15) is 0 Å². The SMILES string of the molecule is CNC(CCC1CCCO1)c1ccccc1Cl. The van der Waals surface area contributed by atoms with Crippen molar-refractivity contribution in [2.45, 2.75) is 37.8 Å². The Hall–Kier alpha value is -0.570. The number of hydrogen-bond acceptors (Lipinski definition) is 2. The number of benzene rings is 1. The summed E-state index contributed by atoms with van der Waals surface area (Å²) in [7, 11) is 1.99. The molecule has 0 aromatic heterocycles. The summed E-state index contributed by atoms with van der Waals surface area (Å²) < 4.78 is 5.65. The molecule has 1 aromatic carbocycles. The molecule has 94 valence electrons. The smallest absolute Gasteiger partial charge is 0.0576 e. The number of hydrogen-bond donors (Lipinski definition) is 1. The summed E-state index contributed by atoms with van der Waals surface area (Å²) in [6.07, 6.45) is 5.05. The Morgan fingerprint density at radius 2 is 2.29 bits per heavy atom. The van der Waals surface area contributed by atoms with E-state index in [0.29, 0.717) is 12.1 Å². The van der Waals surface area contributed by atoms with E-state index in [1.54, 1.807) is 0 Å². The third kappa shape index (κ3) is 3.44. The van der Waals surface area contributed by atoms with Crippen LogP contribution < -0.4 is 5.32 Å². The monoisotopic (exact) mass is 253 g/mol. The molecule has 0 bridgehead atoms. The van der Waals surface area contributed by atoms with Gasteiger partial charge in [0.05, 0.1) is 6.10 Å². The van der Waals surface area contributed by atoms with Crippen molar-refractivity contribution in [3.05, 3.63) is 34.9 Å². The molecule has 2 rings (SSSR count). The lowest BCUT2D eigenvalue weighted by atomic mass is 9.99. The Balaban J connectivity index is 1.94. The summed E-state index contributed by atoms with van der Waals surface area (Å²) in [4.78, 5) is 0. The molecule has 2 unspecified atom stereocenters. The molecule has 1 N–H and O–H groups in total. The van der Waals surface area contributed by atoms with E-state index in [2.05, 4.69) is 11.4 Å². The molecule has 0 spiro atoms. The van der Waals surface area contributed by atoms with E-state index in [1.165, 1.54) is 18.4 Å². The zero-order valence-corrected chi connectivity index (χ0v) is 11.0. The lowest BCUT2D eigenvalue weighted by Gasteiger charge is -2.19. The molecule has 0 aliphatic carbocycles. The summed E-state index contributed by atoms with van der Waals surface area (Å²) in [5.41, 5.74) is 1.19. The fraction of sp³-hybridized carbons (Fsp3) is 0.571. The first-order valence-corrected chi connectivity index (χ1v) is 6.72.